The molecule has 0 saturated carbocycles. The van der Waals surface area contributed by atoms with Gasteiger partial charge in [-0.1, -0.05) is 0 Å². The molecule has 11 nitrogen and oxygen atoms in total. The van der Waals surface area contributed by atoms with E-state index in [1.165, 1.54) is 24.3 Å². The van der Waals surface area contributed by atoms with E-state index in [0.29, 0.717) is 37.1 Å². The van der Waals surface area contributed by atoms with Gasteiger partial charge in [0.1, 0.15) is 17.5 Å². The van der Waals surface area contributed by atoms with Crippen LogP contribution in [0.4, 0.5) is 17.3 Å². The maximum atomic E-state index is 12.6. The van der Waals surface area contributed by atoms with Crippen LogP contribution in [0.3, 0.4) is 0 Å². The van der Waals surface area contributed by atoms with Crippen LogP contribution < -0.4 is 19.8 Å². The van der Waals surface area contributed by atoms with Crippen molar-refractivity contribution in [3.8, 4) is 0 Å². The highest BCUT2D eigenvalue weighted by molar-refractivity contribution is 7.89. The first-order chi connectivity index (χ1) is 15.8. The first-order valence-electron chi connectivity index (χ1n) is 10.7. The second kappa shape index (κ2) is 9.81. The summed E-state index contributed by atoms with van der Waals surface area (Å²) in [6.07, 6.45) is 0.348. The average molecular weight is 475 g/mol. The molecule has 0 aliphatic carbocycles. The quantitative estimate of drug-likeness (QED) is 0.418. The van der Waals surface area contributed by atoms with E-state index < -0.39 is 10.0 Å². The minimum atomic E-state index is -3.75. The number of benzene rings is 1. The predicted octanol–water partition coefficient (Wildman–Crippen LogP) is 0.665. The number of carbonyl (C=O) groups is 2. The molecule has 33 heavy (non-hydrogen) atoms. The van der Waals surface area contributed by atoms with Crippen LogP contribution in [-0.2, 0) is 24.3 Å². The Kier molecular flexibility index (Phi) is 6.86. The minimum Gasteiger partial charge on any atom is -0.378 e. The molecule has 0 unspecified atom stereocenters. The van der Waals surface area contributed by atoms with Gasteiger partial charge in [-0.2, -0.15) is 0 Å². The fourth-order valence-electron chi connectivity index (χ4n) is 3.70. The monoisotopic (exact) mass is 474 g/mol. The zero-order valence-electron chi connectivity index (χ0n) is 18.3. The van der Waals surface area contributed by atoms with E-state index in [9.17, 15) is 18.0 Å². The van der Waals surface area contributed by atoms with E-state index in [4.69, 9.17) is 4.74 Å². The number of nitrogens with zero attached hydrogens (tertiary/aromatic N) is 4. The van der Waals surface area contributed by atoms with Gasteiger partial charge in [0.2, 0.25) is 21.8 Å². The fraction of sp³-hybridized carbons (Fsp3) is 0.429. The van der Waals surface area contributed by atoms with E-state index in [1.807, 2.05) is 13.0 Å². The molecule has 0 radical (unpaired) electrons. The molecule has 0 atom stereocenters. The second-order valence-electron chi connectivity index (χ2n) is 7.70. The van der Waals surface area contributed by atoms with E-state index >= 15 is 0 Å². The van der Waals surface area contributed by atoms with Crippen LogP contribution in [0, 0.1) is 6.92 Å². The van der Waals surface area contributed by atoms with E-state index in [2.05, 4.69) is 24.9 Å². The number of amides is 2. The Bertz CT molecular complexity index is 1120. The number of rotatable bonds is 8. The first kappa shape index (κ1) is 23.1. The molecule has 2 amide bonds. The van der Waals surface area contributed by atoms with Crippen LogP contribution in [-0.4, -0.2) is 69.6 Å². The fourth-order valence-corrected chi connectivity index (χ4v) is 4.73. The first-order valence-corrected chi connectivity index (χ1v) is 12.2. The molecule has 1 aromatic heterocycles. The Morgan fingerprint density at radius 3 is 2.33 bits per heavy atom. The molecule has 2 aliphatic rings. The molecule has 2 N–H and O–H groups in total. The molecule has 3 heterocycles. The Morgan fingerprint density at radius 1 is 1.00 bits per heavy atom. The second-order valence-corrected chi connectivity index (χ2v) is 9.47. The van der Waals surface area contributed by atoms with Gasteiger partial charge >= 0.3 is 0 Å². The number of ether oxygens (including phenoxy) is 1. The third-order valence-electron chi connectivity index (χ3n) is 5.34. The van der Waals surface area contributed by atoms with Crippen LogP contribution in [0.2, 0.25) is 0 Å². The van der Waals surface area contributed by atoms with Gasteiger partial charge in [-0.15, -0.1) is 0 Å². The number of anilines is 3. The van der Waals surface area contributed by atoms with Crippen LogP contribution in [0.25, 0.3) is 0 Å². The van der Waals surface area contributed by atoms with Gasteiger partial charge in [0.15, 0.2) is 0 Å². The molecule has 4 rings (SSSR count). The number of aromatic nitrogens is 2. The molecule has 2 aliphatic heterocycles. The standard InChI is InChI=1S/C21H26N6O5S/c1-15-24-18(14-19(25-15)26-10-12-32-13-11-26)22-8-9-23-33(30,31)17-4-2-16(3-5-17)27-20(28)6-7-21(27)29/h2-5,14,23H,6-13H2,1H3,(H,22,24,25). The third kappa shape index (κ3) is 5.46. The molecule has 2 fully saturated rings. The smallest absolute Gasteiger partial charge is 0.240 e. The molecule has 12 heteroatoms. The van der Waals surface area contributed by atoms with Gasteiger partial charge in [0.05, 0.1) is 23.8 Å². The highest BCUT2D eigenvalue weighted by Gasteiger charge is 2.30. The van der Waals surface area contributed by atoms with Crippen molar-refractivity contribution in [2.45, 2.75) is 24.7 Å². The highest BCUT2D eigenvalue weighted by Crippen LogP contribution is 2.24. The van der Waals surface area contributed by atoms with Gasteiger partial charge in [-0.3, -0.25) is 14.5 Å². The normalized spacial score (nSPS) is 17.0. The Morgan fingerprint density at radius 2 is 1.67 bits per heavy atom. The topological polar surface area (TPSA) is 134 Å². The number of aryl methyl sites for hydroxylation is 1. The largest absolute Gasteiger partial charge is 0.378 e. The van der Waals surface area contributed by atoms with Crippen molar-refractivity contribution in [2.75, 3.05) is 54.5 Å². The number of carbonyl (C=O) groups excluding carboxylic acids is 2. The lowest BCUT2D eigenvalue weighted by Crippen LogP contribution is -2.37. The van der Waals surface area contributed by atoms with Gasteiger partial charge in [-0.05, 0) is 31.2 Å². The lowest BCUT2D eigenvalue weighted by atomic mass is 10.3. The van der Waals surface area contributed by atoms with Crippen molar-refractivity contribution in [1.82, 2.24) is 14.7 Å². The average Bonchev–Trinajstić information content (AvgIpc) is 3.15. The number of imide groups is 1. The summed E-state index contributed by atoms with van der Waals surface area (Å²) in [5.74, 6) is 1.49. The minimum absolute atomic E-state index is 0.0535. The van der Waals surface area contributed by atoms with E-state index in [0.717, 1.165) is 23.8 Å². The van der Waals surface area contributed by atoms with Crippen LogP contribution in [0.1, 0.15) is 18.7 Å². The SMILES string of the molecule is Cc1nc(NCCNS(=O)(=O)c2ccc(N3C(=O)CCC3=O)cc2)cc(N2CCOCC2)n1. The van der Waals surface area contributed by atoms with Gasteiger partial charge in [0, 0.05) is 45.1 Å². The summed E-state index contributed by atoms with van der Waals surface area (Å²) in [5.41, 5.74) is 0.373. The number of hydrogen-bond acceptors (Lipinski definition) is 9. The maximum Gasteiger partial charge on any atom is 0.240 e. The number of morpholine rings is 1. The molecule has 2 aromatic rings. The zero-order chi connectivity index (χ0) is 23.4. The summed E-state index contributed by atoms with van der Waals surface area (Å²) >= 11 is 0. The van der Waals surface area contributed by atoms with E-state index in [1.54, 1.807) is 0 Å². The van der Waals surface area contributed by atoms with Crippen molar-refractivity contribution in [2.24, 2.45) is 0 Å². The van der Waals surface area contributed by atoms with Gasteiger partial charge in [0.25, 0.3) is 0 Å². The molecular weight excluding hydrogens is 448 g/mol. The molecule has 1 aromatic carbocycles. The summed E-state index contributed by atoms with van der Waals surface area (Å²) in [6.45, 7) is 5.10. The third-order valence-corrected chi connectivity index (χ3v) is 6.82. The molecule has 0 spiro atoms. The number of sulfonamides is 1. The molecule has 2 saturated heterocycles. The summed E-state index contributed by atoms with van der Waals surface area (Å²) in [4.78, 5) is 35.8. The summed E-state index contributed by atoms with van der Waals surface area (Å²) in [7, 11) is -3.75. The molecule has 176 valence electrons. The van der Waals surface area contributed by atoms with Crippen molar-refractivity contribution >= 4 is 39.2 Å². The van der Waals surface area contributed by atoms with Crippen molar-refractivity contribution < 1.29 is 22.7 Å². The zero-order valence-corrected chi connectivity index (χ0v) is 19.1. The predicted molar refractivity (Wildman–Crippen MR) is 122 cm³/mol. The van der Waals surface area contributed by atoms with E-state index in [-0.39, 0.29) is 36.1 Å². The lowest BCUT2D eigenvalue weighted by molar-refractivity contribution is -0.121. The Balaban J connectivity index is 1.32. The highest BCUT2D eigenvalue weighted by atomic mass is 32.2. The summed E-state index contributed by atoms with van der Waals surface area (Å²) < 4.78 is 33.1. The van der Waals surface area contributed by atoms with Crippen molar-refractivity contribution in [3.05, 3.63) is 36.2 Å². The Hall–Kier alpha value is -3.09. The maximum absolute atomic E-state index is 12.6. The van der Waals surface area contributed by atoms with Crippen molar-refractivity contribution in [3.63, 3.8) is 0 Å². The van der Waals surface area contributed by atoms with Gasteiger partial charge < -0.3 is 15.0 Å². The lowest BCUT2D eigenvalue weighted by Gasteiger charge is -2.28. The van der Waals surface area contributed by atoms with Crippen LogP contribution in [0.5, 0.6) is 0 Å². The van der Waals surface area contributed by atoms with Crippen molar-refractivity contribution in [1.29, 1.82) is 0 Å². The van der Waals surface area contributed by atoms with Gasteiger partial charge in [-0.25, -0.2) is 23.1 Å². The number of hydrogen-bond donors (Lipinski definition) is 2. The summed E-state index contributed by atoms with van der Waals surface area (Å²) in [6, 6.07) is 7.53. The molecular formula is C21H26N6O5S. The summed E-state index contributed by atoms with van der Waals surface area (Å²) in [5, 5.41) is 3.13. The molecule has 0 bridgehead atoms. The Labute approximate surface area is 192 Å². The van der Waals surface area contributed by atoms with Crippen LogP contribution in [0.15, 0.2) is 35.2 Å². The van der Waals surface area contributed by atoms with Crippen LogP contribution >= 0.6 is 0 Å². The number of nitrogens with one attached hydrogen (secondary N) is 2.